The molecule has 0 saturated heterocycles. The van der Waals surface area contributed by atoms with E-state index in [4.69, 9.17) is 10.5 Å². The molecule has 3 heteroatoms. The van der Waals surface area contributed by atoms with Gasteiger partial charge in [0.05, 0.1) is 7.11 Å². The summed E-state index contributed by atoms with van der Waals surface area (Å²) in [7, 11) is 1.74. The van der Waals surface area contributed by atoms with Crippen molar-refractivity contribution in [2.45, 2.75) is 31.6 Å². The fourth-order valence-electron chi connectivity index (χ4n) is 2.58. The highest BCUT2D eigenvalue weighted by Crippen LogP contribution is 2.48. The Morgan fingerprint density at radius 1 is 1.44 bits per heavy atom. The molecule has 0 heterocycles. The second kappa shape index (κ2) is 4.38. The summed E-state index contributed by atoms with van der Waals surface area (Å²) in [5.41, 5.74) is 8.55. The summed E-state index contributed by atoms with van der Waals surface area (Å²) in [6.45, 7) is 2.79. The number of hydrogen-bond donors (Lipinski definition) is 1. The van der Waals surface area contributed by atoms with Crippen LogP contribution >= 0.6 is 15.9 Å². The first-order valence-electron chi connectivity index (χ1n) is 5.67. The third-order valence-electron chi connectivity index (χ3n) is 3.72. The average Bonchev–Trinajstić information content (AvgIpc) is 2.16. The van der Waals surface area contributed by atoms with E-state index in [1.54, 1.807) is 7.11 Å². The van der Waals surface area contributed by atoms with Gasteiger partial charge in [-0.3, -0.25) is 0 Å². The fourth-order valence-corrected chi connectivity index (χ4v) is 3.15. The van der Waals surface area contributed by atoms with Gasteiger partial charge in [-0.1, -0.05) is 22.4 Å². The molecule has 0 radical (unpaired) electrons. The van der Waals surface area contributed by atoms with Gasteiger partial charge in [0, 0.05) is 22.0 Å². The normalized spacial score (nSPS) is 18.0. The van der Waals surface area contributed by atoms with Crippen molar-refractivity contribution in [2.24, 2.45) is 5.73 Å². The molecule has 1 aliphatic carbocycles. The lowest BCUT2D eigenvalue weighted by Crippen LogP contribution is -2.41. The lowest BCUT2D eigenvalue weighted by atomic mass is 9.64. The maximum absolute atomic E-state index is 5.95. The molecule has 2 N–H and O–H groups in total. The van der Waals surface area contributed by atoms with Crippen LogP contribution in [0.15, 0.2) is 16.6 Å². The molecule has 2 nitrogen and oxygen atoms in total. The summed E-state index contributed by atoms with van der Waals surface area (Å²) in [5.74, 6) is 1.01. The number of halogens is 1. The molecule has 0 atom stereocenters. The Balaban J connectivity index is 2.53. The minimum absolute atomic E-state index is 0.153. The SMILES string of the molecule is COc1c(C)cc(Br)cc1C1(CN)CCC1. The van der Waals surface area contributed by atoms with Crippen LogP contribution in [0.2, 0.25) is 0 Å². The van der Waals surface area contributed by atoms with E-state index in [2.05, 4.69) is 35.0 Å². The first-order valence-corrected chi connectivity index (χ1v) is 6.47. The zero-order chi connectivity index (χ0) is 11.8. The number of aryl methyl sites for hydroxylation is 1. The number of nitrogens with two attached hydrogens (primary N) is 1. The first kappa shape index (κ1) is 11.9. The highest BCUT2D eigenvalue weighted by atomic mass is 79.9. The molecule has 0 aliphatic heterocycles. The molecule has 1 aromatic carbocycles. The Morgan fingerprint density at radius 3 is 2.56 bits per heavy atom. The van der Waals surface area contributed by atoms with Crippen molar-refractivity contribution < 1.29 is 4.74 Å². The van der Waals surface area contributed by atoms with E-state index in [0.717, 1.165) is 10.2 Å². The summed E-state index contributed by atoms with van der Waals surface area (Å²) in [5, 5.41) is 0. The van der Waals surface area contributed by atoms with Crippen LogP contribution in [0, 0.1) is 6.92 Å². The van der Waals surface area contributed by atoms with E-state index in [-0.39, 0.29) is 5.41 Å². The molecule has 1 fully saturated rings. The maximum atomic E-state index is 5.95. The molecule has 0 unspecified atom stereocenters. The van der Waals surface area contributed by atoms with Crippen molar-refractivity contribution in [3.05, 3.63) is 27.7 Å². The summed E-state index contributed by atoms with van der Waals surface area (Å²) in [6, 6.07) is 4.25. The van der Waals surface area contributed by atoms with Crippen molar-refractivity contribution in [3.8, 4) is 5.75 Å². The summed E-state index contributed by atoms with van der Waals surface area (Å²) in [4.78, 5) is 0. The van der Waals surface area contributed by atoms with Crippen LogP contribution in [0.5, 0.6) is 5.75 Å². The van der Waals surface area contributed by atoms with Crippen LogP contribution in [0.25, 0.3) is 0 Å². The Morgan fingerprint density at radius 2 is 2.12 bits per heavy atom. The standard InChI is InChI=1S/C13H18BrNO/c1-9-6-10(14)7-11(12(9)16-2)13(8-15)4-3-5-13/h6-7H,3-5,8,15H2,1-2H3. The monoisotopic (exact) mass is 283 g/mol. The lowest BCUT2D eigenvalue weighted by Gasteiger charge is -2.42. The summed E-state index contributed by atoms with van der Waals surface area (Å²) in [6.07, 6.45) is 3.62. The van der Waals surface area contributed by atoms with Gasteiger partial charge in [-0.25, -0.2) is 0 Å². The summed E-state index contributed by atoms with van der Waals surface area (Å²) >= 11 is 3.55. The predicted molar refractivity (Wildman–Crippen MR) is 70.0 cm³/mol. The molecule has 16 heavy (non-hydrogen) atoms. The van der Waals surface area contributed by atoms with Gasteiger partial charge in [0.25, 0.3) is 0 Å². The first-order chi connectivity index (χ1) is 7.63. The van der Waals surface area contributed by atoms with Gasteiger partial charge in [0.15, 0.2) is 0 Å². The Kier molecular flexibility index (Phi) is 3.27. The minimum atomic E-state index is 0.153. The maximum Gasteiger partial charge on any atom is 0.125 e. The molecule has 0 bridgehead atoms. The third kappa shape index (κ3) is 1.76. The molecule has 88 valence electrons. The van der Waals surface area contributed by atoms with Gasteiger partial charge in [0.1, 0.15) is 5.75 Å². The topological polar surface area (TPSA) is 35.2 Å². The molecule has 0 spiro atoms. The molecular formula is C13H18BrNO. The van der Waals surface area contributed by atoms with E-state index >= 15 is 0 Å². The molecule has 0 aromatic heterocycles. The zero-order valence-electron chi connectivity index (χ0n) is 9.85. The number of benzene rings is 1. The van der Waals surface area contributed by atoms with E-state index in [9.17, 15) is 0 Å². The lowest BCUT2D eigenvalue weighted by molar-refractivity contribution is 0.243. The smallest absolute Gasteiger partial charge is 0.125 e. The Hall–Kier alpha value is -0.540. The van der Waals surface area contributed by atoms with Crippen molar-refractivity contribution in [1.82, 2.24) is 0 Å². The second-order valence-electron chi connectivity index (χ2n) is 4.64. The molecule has 1 saturated carbocycles. The van der Waals surface area contributed by atoms with Crippen LogP contribution in [0.4, 0.5) is 0 Å². The van der Waals surface area contributed by atoms with E-state index < -0.39 is 0 Å². The van der Waals surface area contributed by atoms with Crippen molar-refractivity contribution in [2.75, 3.05) is 13.7 Å². The molecular weight excluding hydrogens is 266 g/mol. The fraction of sp³-hybridized carbons (Fsp3) is 0.538. The Bertz CT molecular complexity index is 394. The zero-order valence-corrected chi connectivity index (χ0v) is 11.4. The predicted octanol–water partition coefficient (Wildman–Crippen LogP) is 3.15. The highest BCUT2D eigenvalue weighted by molar-refractivity contribution is 9.10. The van der Waals surface area contributed by atoms with E-state index in [0.29, 0.717) is 6.54 Å². The quantitative estimate of drug-likeness (QED) is 0.925. The van der Waals surface area contributed by atoms with Gasteiger partial charge in [-0.2, -0.15) is 0 Å². The average molecular weight is 284 g/mol. The molecule has 1 aromatic rings. The summed E-state index contributed by atoms with van der Waals surface area (Å²) < 4.78 is 6.65. The molecule has 0 amide bonds. The largest absolute Gasteiger partial charge is 0.496 e. The van der Waals surface area contributed by atoms with Gasteiger partial charge in [-0.15, -0.1) is 0 Å². The van der Waals surface area contributed by atoms with Crippen LogP contribution in [0.3, 0.4) is 0 Å². The van der Waals surface area contributed by atoms with Gasteiger partial charge in [0.2, 0.25) is 0 Å². The van der Waals surface area contributed by atoms with Crippen molar-refractivity contribution in [1.29, 1.82) is 0 Å². The highest BCUT2D eigenvalue weighted by Gasteiger charge is 2.39. The van der Waals surface area contributed by atoms with Crippen LogP contribution in [-0.2, 0) is 5.41 Å². The van der Waals surface area contributed by atoms with E-state index in [1.807, 2.05) is 0 Å². The van der Waals surface area contributed by atoms with Gasteiger partial charge >= 0.3 is 0 Å². The Labute approximate surface area is 105 Å². The minimum Gasteiger partial charge on any atom is -0.496 e. The number of methoxy groups -OCH3 is 1. The molecule has 2 rings (SSSR count). The van der Waals surface area contributed by atoms with Gasteiger partial charge < -0.3 is 10.5 Å². The third-order valence-corrected chi connectivity index (χ3v) is 4.17. The number of hydrogen-bond acceptors (Lipinski definition) is 2. The van der Waals surface area contributed by atoms with Crippen LogP contribution < -0.4 is 10.5 Å². The number of rotatable bonds is 3. The second-order valence-corrected chi connectivity index (χ2v) is 5.56. The number of ether oxygens (including phenoxy) is 1. The van der Waals surface area contributed by atoms with Crippen LogP contribution in [-0.4, -0.2) is 13.7 Å². The van der Waals surface area contributed by atoms with Crippen molar-refractivity contribution >= 4 is 15.9 Å². The van der Waals surface area contributed by atoms with Crippen LogP contribution in [0.1, 0.15) is 30.4 Å². The molecule has 1 aliphatic rings. The van der Waals surface area contributed by atoms with Crippen molar-refractivity contribution in [3.63, 3.8) is 0 Å². The van der Waals surface area contributed by atoms with Gasteiger partial charge in [-0.05, 0) is 37.5 Å². The van der Waals surface area contributed by atoms with E-state index in [1.165, 1.54) is 30.4 Å².